The lowest BCUT2D eigenvalue weighted by molar-refractivity contribution is 0.399. The van der Waals surface area contributed by atoms with Crippen molar-refractivity contribution < 1.29 is 0 Å². The zero-order valence-electron chi connectivity index (χ0n) is 9.96. The smallest absolute Gasteiger partial charge is 0.0365 e. The highest BCUT2D eigenvalue weighted by Crippen LogP contribution is 2.76. The quantitative estimate of drug-likeness (QED) is 0.705. The second-order valence-corrected chi connectivity index (χ2v) is 7.55. The highest BCUT2D eigenvalue weighted by molar-refractivity contribution is 8.04. The molecule has 0 N–H and O–H groups in total. The molecule has 2 fully saturated rings. The lowest BCUT2D eigenvalue weighted by atomic mass is 9.90. The Hall–Kier alpha value is 0.700. The average molecular weight is 230 g/mol. The molecule has 0 heterocycles. The van der Waals surface area contributed by atoms with Crippen LogP contribution in [-0.2, 0) is 0 Å². The Morgan fingerprint density at radius 2 is 1.79 bits per heavy atom. The molecule has 0 aromatic heterocycles. The van der Waals surface area contributed by atoms with E-state index >= 15 is 0 Å². The summed E-state index contributed by atoms with van der Waals surface area (Å²) in [6.07, 6.45) is 7.53. The zero-order valence-corrected chi connectivity index (χ0v) is 11.6. The van der Waals surface area contributed by atoms with Crippen LogP contribution in [-0.4, -0.2) is 22.5 Å². The number of hydrogen-bond acceptors (Lipinski definition) is 2. The van der Waals surface area contributed by atoms with Gasteiger partial charge in [-0.25, -0.2) is 0 Å². The molecular weight excluding hydrogens is 208 g/mol. The summed E-state index contributed by atoms with van der Waals surface area (Å²) < 4.78 is 0.601. The van der Waals surface area contributed by atoms with Crippen LogP contribution in [0.25, 0.3) is 0 Å². The van der Waals surface area contributed by atoms with Crippen molar-refractivity contribution in [2.24, 2.45) is 17.3 Å². The van der Waals surface area contributed by atoms with Crippen LogP contribution < -0.4 is 0 Å². The lowest BCUT2D eigenvalue weighted by Gasteiger charge is -2.35. The first-order chi connectivity index (χ1) is 6.52. The Morgan fingerprint density at radius 3 is 2.21 bits per heavy atom. The van der Waals surface area contributed by atoms with E-state index in [9.17, 15) is 0 Å². The average Bonchev–Trinajstić information content (AvgIpc) is 2.64. The Morgan fingerprint density at radius 1 is 1.14 bits per heavy atom. The summed E-state index contributed by atoms with van der Waals surface area (Å²) >= 11 is 4.25. The van der Waals surface area contributed by atoms with Crippen molar-refractivity contribution >= 4 is 23.5 Å². The monoisotopic (exact) mass is 230 g/mol. The second-order valence-electron chi connectivity index (χ2n) is 5.48. The molecule has 0 radical (unpaired) electrons. The van der Waals surface area contributed by atoms with Crippen molar-refractivity contribution in [2.45, 2.75) is 43.6 Å². The maximum absolute atomic E-state index is 2.48. The van der Waals surface area contributed by atoms with Crippen molar-refractivity contribution in [3.8, 4) is 0 Å². The van der Waals surface area contributed by atoms with Crippen molar-refractivity contribution in [1.29, 1.82) is 0 Å². The van der Waals surface area contributed by atoms with Gasteiger partial charge in [-0.3, -0.25) is 0 Å². The summed E-state index contributed by atoms with van der Waals surface area (Å²) in [6.45, 7) is 7.41. The van der Waals surface area contributed by atoms with Crippen LogP contribution in [0.5, 0.6) is 0 Å². The normalized spacial score (nSPS) is 49.9. The van der Waals surface area contributed by atoms with E-state index in [1.165, 1.54) is 12.8 Å². The van der Waals surface area contributed by atoms with Gasteiger partial charge in [-0.1, -0.05) is 20.8 Å². The first-order valence-electron chi connectivity index (χ1n) is 5.60. The van der Waals surface area contributed by atoms with E-state index in [4.69, 9.17) is 0 Å². The number of rotatable bonds is 2. The lowest BCUT2D eigenvalue weighted by Crippen LogP contribution is -2.35. The third-order valence-electron chi connectivity index (χ3n) is 4.75. The number of fused-ring (bicyclic) bond motifs is 1. The van der Waals surface area contributed by atoms with Crippen molar-refractivity contribution in [2.75, 3.05) is 12.5 Å². The molecule has 2 rings (SSSR count). The van der Waals surface area contributed by atoms with E-state index in [0.717, 1.165) is 17.1 Å². The van der Waals surface area contributed by atoms with Crippen LogP contribution in [0.15, 0.2) is 0 Å². The van der Waals surface area contributed by atoms with Crippen molar-refractivity contribution in [3.05, 3.63) is 0 Å². The fourth-order valence-electron chi connectivity index (χ4n) is 3.94. The Balaban J connectivity index is 2.30. The second kappa shape index (κ2) is 3.35. The Bertz CT molecular complexity index is 236. The van der Waals surface area contributed by atoms with Gasteiger partial charge in [-0.15, -0.1) is 0 Å². The molecule has 14 heavy (non-hydrogen) atoms. The standard InChI is InChI=1S/C12H22S2/c1-8-6-7-9-11(2,3)12(9,14-5)10(8)13-4/h8-10H,6-7H2,1-5H3. The van der Waals surface area contributed by atoms with Gasteiger partial charge in [0.1, 0.15) is 0 Å². The van der Waals surface area contributed by atoms with Crippen molar-refractivity contribution in [3.63, 3.8) is 0 Å². The van der Waals surface area contributed by atoms with Crippen LogP contribution >= 0.6 is 23.5 Å². The van der Waals surface area contributed by atoms with E-state index < -0.39 is 0 Å². The molecule has 0 bridgehead atoms. The minimum absolute atomic E-state index is 0.588. The molecule has 0 amide bonds. The van der Waals surface area contributed by atoms with Gasteiger partial charge < -0.3 is 0 Å². The molecule has 0 saturated heterocycles. The summed E-state index contributed by atoms with van der Waals surface area (Å²) in [4.78, 5) is 0. The molecule has 4 unspecified atom stereocenters. The van der Waals surface area contributed by atoms with Gasteiger partial charge in [0.25, 0.3) is 0 Å². The van der Waals surface area contributed by atoms with E-state index in [1.54, 1.807) is 0 Å². The summed E-state index contributed by atoms with van der Waals surface area (Å²) in [5.41, 5.74) is 0.588. The summed E-state index contributed by atoms with van der Waals surface area (Å²) in [7, 11) is 0. The summed E-state index contributed by atoms with van der Waals surface area (Å²) in [5, 5.41) is 0.881. The van der Waals surface area contributed by atoms with Gasteiger partial charge in [-0.05, 0) is 42.6 Å². The van der Waals surface area contributed by atoms with Crippen molar-refractivity contribution in [1.82, 2.24) is 0 Å². The number of thioether (sulfide) groups is 2. The van der Waals surface area contributed by atoms with Crippen LogP contribution in [0.3, 0.4) is 0 Å². The predicted molar refractivity (Wildman–Crippen MR) is 69.2 cm³/mol. The predicted octanol–water partition coefficient (Wildman–Crippen LogP) is 3.91. The molecule has 0 aromatic carbocycles. The minimum Gasteiger partial charge on any atom is -0.160 e. The van der Waals surface area contributed by atoms with Gasteiger partial charge in [0.05, 0.1) is 0 Å². The third kappa shape index (κ3) is 1.10. The van der Waals surface area contributed by atoms with Gasteiger partial charge in [0.2, 0.25) is 0 Å². The highest BCUT2D eigenvalue weighted by Gasteiger charge is 2.75. The van der Waals surface area contributed by atoms with E-state index in [2.05, 4.69) is 56.8 Å². The molecule has 0 aromatic rings. The van der Waals surface area contributed by atoms with E-state index in [-0.39, 0.29) is 0 Å². The Labute approximate surface area is 97.0 Å². The molecule has 2 aliphatic rings. The van der Waals surface area contributed by atoms with E-state index in [0.29, 0.717) is 10.2 Å². The first-order valence-corrected chi connectivity index (χ1v) is 8.11. The minimum atomic E-state index is 0.588. The fourth-order valence-corrected chi connectivity index (χ4v) is 7.70. The molecule has 0 spiro atoms. The van der Waals surface area contributed by atoms with Gasteiger partial charge in [-0.2, -0.15) is 23.5 Å². The molecule has 2 aliphatic carbocycles. The fraction of sp³-hybridized carbons (Fsp3) is 1.00. The zero-order chi connectivity index (χ0) is 10.6. The van der Waals surface area contributed by atoms with Gasteiger partial charge in [0.15, 0.2) is 0 Å². The van der Waals surface area contributed by atoms with Crippen LogP contribution in [0, 0.1) is 17.3 Å². The molecule has 0 nitrogen and oxygen atoms in total. The maximum atomic E-state index is 2.48. The molecule has 2 heteroatoms. The van der Waals surface area contributed by atoms with Crippen LogP contribution in [0.1, 0.15) is 33.6 Å². The topological polar surface area (TPSA) is 0 Å². The van der Waals surface area contributed by atoms with Crippen LogP contribution in [0.4, 0.5) is 0 Å². The summed E-state index contributed by atoms with van der Waals surface area (Å²) in [6, 6.07) is 0. The molecule has 0 aliphatic heterocycles. The van der Waals surface area contributed by atoms with Gasteiger partial charge >= 0.3 is 0 Å². The Kier molecular flexibility index (Phi) is 2.67. The molecule has 2 saturated carbocycles. The van der Waals surface area contributed by atoms with Crippen LogP contribution in [0.2, 0.25) is 0 Å². The highest BCUT2D eigenvalue weighted by atomic mass is 32.2. The largest absolute Gasteiger partial charge is 0.160 e. The first kappa shape index (κ1) is 11.2. The third-order valence-corrected chi connectivity index (χ3v) is 7.99. The molecular formula is C12H22S2. The molecule has 4 atom stereocenters. The maximum Gasteiger partial charge on any atom is 0.0365 e. The molecule has 82 valence electrons. The number of hydrogen-bond donors (Lipinski definition) is 0. The summed E-state index contributed by atoms with van der Waals surface area (Å²) in [5.74, 6) is 1.90. The SMILES string of the molecule is CSC1C(C)CCC2C(C)(C)C12SC. The van der Waals surface area contributed by atoms with E-state index in [1.807, 2.05) is 0 Å². The van der Waals surface area contributed by atoms with Gasteiger partial charge in [0, 0.05) is 10.00 Å².